The first-order valence-corrected chi connectivity index (χ1v) is 3.69. The van der Waals surface area contributed by atoms with Crippen molar-refractivity contribution in [1.29, 1.82) is 0 Å². The SMILES string of the molecule is COCn1nnc2ccccc21. The van der Waals surface area contributed by atoms with Crippen molar-refractivity contribution < 1.29 is 4.74 Å². The van der Waals surface area contributed by atoms with Crippen LogP contribution in [0.25, 0.3) is 11.0 Å². The van der Waals surface area contributed by atoms with Crippen molar-refractivity contribution in [2.24, 2.45) is 0 Å². The Morgan fingerprint density at radius 1 is 1.42 bits per heavy atom. The second-order valence-corrected chi connectivity index (χ2v) is 2.50. The molecule has 0 aliphatic rings. The fraction of sp³-hybridized carbons (Fsp3) is 0.250. The predicted octanol–water partition coefficient (Wildman–Crippen LogP) is 1.04. The summed E-state index contributed by atoms with van der Waals surface area (Å²) in [5, 5.41) is 7.90. The summed E-state index contributed by atoms with van der Waals surface area (Å²) < 4.78 is 6.67. The summed E-state index contributed by atoms with van der Waals surface area (Å²) in [5.74, 6) is 0. The molecule has 0 N–H and O–H groups in total. The molecule has 2 aromatic rings. The van der Waals surface area contributed by atoms with Crippen LogP contribution in [0, 0.1) is 0 Å². The van der Waals surface area contributed by atoms with Crippen LogP contribution in [0.15, 0.2) is 24.3 Å². The van der Waals surface area contributed by atoms with E-state index in [0.29, 0.717) is 6.73 Å². The van der Waals surface area contributed by atoms with Crippen molar-refractivity contribution in [1.82, 2.24) is 15.0 Å². The summed E-state index contributed by atoms with van der Waals surface area (Å²) in [4.78, 5) is 0. The topological polar surface area (TPSA) is 39.9 Å². The van der Waals surface area contributed by atoms with Gasteiger partial charge in [-0.25, -0.2) is 4.68 Å². The third-order valence-corrected chi connectivity index (χ3v) is 1.67. The summed E-state index contributed by atoms with van der Waals surface area (Å²) in [6.07, 6.45) is 0. The molecule has 1 aromatic heterocycles. The molecule has 1 aromatic carbocycles. The van der Waals surface area contributed by atoms with Crippen molar-refractivity contribution in [2.75, 3.05) is 7.11 Å². The van der Waals surface area contributed by atoms with Crippen molar-refractivity contribution >= 4 is 11.0 Å². The van der Waals surface area contributed by atoms with E-state index in [1.165, 1.54) is 0 Å². The maximum absolute atomic E-state index is 4.95. The van der Waals surface area contributed by atoms with Gasteiger partial charge in [0.05, 0.1) is 5.52 Å². The van der Waals surface area contributed by atoms with Gasteiger partial charge >= 0.3 is 0 Å². The first-order valence-electron chi connectivity index (χ1n) is 3.69. The minimum absolute atomic E-state index is 0.445. The molecule has 4 nitrogen and oxygen atoms in total. The van der Waals surface area contributed by atoms with Gasteiger partial charge in [-0.05, 0) is 12.1 Å². The summed E-state index contributed by atoms with van der Waals surface area (Å²) in [6, 6.07) is 7.79. The van der Waals surface area contributed by atoms with Crippen LogP contribution < -0.4 is 0 Å². The lowest BCUT2D eigenvalue weighted by Crippen LogP contribution is -2.01. The van der Waals surface area contributed by atoms with E-state index in [0.717, 1.165) is 11.0 Å². The van der Waals surface area contributed by atoms with Gasteiger partial charge in [0.1, 0.15) is 12.2 Å². The standard InChI is InChI=1S/C8H9N3O/c1-12-6-11-8-5-3-2-4-7(8)9-10-11/h2-5H,6H2,1H3. The zero-order valence-electron chi connectivity index (χ0n) is 6.77. The zero-order chi connectivity index (χ0) is 8.39. The molecule has 1 heterocycles. The number of methoxy groups -OCH3 is 1. The Morgan fingerprint density at radius 3 is 3.08 bits per heavy atom. The molecule has 0 bridgehead atoms. The smallest absolute Gasteiger partial charge is 0.141 e. The van der Waals surface area contributed by atoms with Crippen molar-refractivity contribution in [3.8, 4) is 0 Å². The highest BCUT2D eigenvalue weighted by atomic mass is 16.5. The Bertz CT molecular complexity index is 382. The monoisotopic (exact) mass is 163 g/mol. The minimum atomic E-state index is 0.445. The lowest BCUT2D eigenvalue weighted by molar-refractivity contribution is 0.122. The van der Waals surface area contributed by atoms with E-state index in [-0.39, 0.29) is 0 Å². The van der Waals surface area contributed by atoms with Gasteiger partial charge in [-0.3, -0.25) is 0 Å². The predicted molar refractivity (Wildman–Crippen MR) is 44.5 cm³/mol. The number of fused-ring (bicyclic) bond motifs is 1. The van der Waals surface area contributed by atoms with Crippen LogP contribution in [0.5, 0.6) is 0 Å². The Morgan fingerprint density at radius 2 is 2.25 bits per heavy atom. The summed E-state index contributed by atoms with van der Waals surface area (Å²) in [7, 11) is 1.64. The molecular formula is C8H9N3O. The van der Waals surface area contributed by atoms with Gasteiger partial charge in [-0.2, -0.15) is 0 Å². The number of hydrogen-bond acceptors (Lipinski definition) is 3. The molecule has 4 heteroatoms. The minimum Gasteiger partial charge on any atom is -0.362 e. The molecule has 0 saturated carbocycles. The first-order chi connectivity index (χ1) is 5.92. The molecule has 0 spiro atoms. The molecule has 0 radical (unpaired) electrons. The van der Waals surface area contributed by atoms with E-state index in [1.807, 2.05) is 24.3 Å². The number of aromatic nitrogens is 3. The Labute approximate surface area is 69.8 Å². The van der Waals surface area contributed by atoms with Crippen LogP contribution in [0.4, 0.5) is 0 Å². The Kier molecular flexibility index (Phi) is 1.75. The van der Waals surface area contributed by atoms with Crippen molar-refractivity contribution in [2.45, 2.75) is 6.73 Å². The van der Waals surface area contributed by atoms with Gasteiger partial charge in [0.25, 0.3) is 0 Å². The molecule has 2 rings (SSSR count). The van der Waals surface area contributed by atoms with Crippen LogP contribution in [0.2, 0.25) is 0 Å². The largest absolute Gasteiger partial charge is 0.362 e. The first kappa shape index (κ1) is 7.24. The summed E-state index contributed by atoms with van der Waals surface area (Å²) >= 11 is 0. The third-order valence-electron chi connectivity index (χ3n) is 1.67. The normalized spacial score (nSPS) is 10.8. The number of hydrogen-bond donors (Lipinski definition) is 0. The molecule has 0 aliphatic carbocycles. The molecule has 0 unspecified atom stereocenters. The van der Waals surface area contributed by atoms with E-state index in [4.69, 9.17) is 4.74 Å². The third kappa shape index (κ3) is 1.06. The van der Waals surface area contributed by atoms with Crippen LogP contribution in [-0.2, 0) is 11.5 Å². The molecule has 0 aliphatic heterocycles. The average Bonchev–Trinajstić information content (AvgIpc) is 2.50. The van der Waals surface area contributed by atoms with E-state index in [1.54, 1.807) is 11.8 Å². The van der Waals surface area contributed by atoms with Crippen molar-refractivity contribution in [3.63, 3.8) is 0 Å². The molecule has 12 heavy (non-hydrogen) atoms. The second-order valence-electron chi connectivity index (χ2n) is 2.50. The van der Waals surface area contributed by atoms with Gasteiger partial charge in [0, 0.05) is 7.11 Å². The lowest BCUT2D eigenvalue weighted by Gasteiger charge is -1.97. The number of ether oxygens (including phenoxy) is 1. The number of para-hydroxylation sites is 1. The Hall–Kier alpha value is -1.42. The summed E-state index contributed by atoms with van der Waals surface area (Å²) in [5.41, 5.74) is 1.90. The van der Waals surface area contributed by atoms with E-state index in [2.05, 4.69) is 10.3 Å². The van der Waals surface area contributed by atoms with Crippen LogP contribution >= 0.6 is 0 Å². The van der Waals surface area contributed by atoms with Gasteiger partial charge in [-0.15, -0.1) is 5.10 Å². The fourth-order valence-corrected chi connectivity index (χ4v) is 1.13. The quantitative estimate of drug-likeness (QED) is 0.664. The average molecular weight is 163 g/mol. The maximum Gasteiger partial charge on any atom is 0.141 e. The zero-order valence-corrected chi connectivity index (χ0v) is 6.77. The van der Waals surface area contributed by atoms with E-state index in [9.17, 15) is 0 Å². The second kappa shape index (κ2) is 2.91. The highest BCUT2D eigenvalue weighted by Gasteiger charge is 2.00. The van der Waals surface area contributed by atoms with Crippen molar-refractivity contribution in [3.05, 3.63) is 24.3 Å². The van der Waals surface area contributed by atoms with E-state index < -0.39 is 0 Å². The summed E-state index contributed by atoms with van der Waals surface area (Å²) in [6.45, 7) is 0.445. The fourth-order valence-electron chi connectivity index (χ4n) is 1.13. The van der Waals surface area contributed by atoms with Gasteiger partial charge in [0.15, 0.2) is 0 Å². The maximum atomic E-state index is 4.95. The molecule has 0 amide bonds. The number of nitrogens with zero attached hydrogens (tertiary/aromatic N) is 3. The Balaban J connectivity index is 2.55. The molecule has 62 valence electrons. The van der Waals surface area contributed by atoms with E-state index >= 15 is 0 Å². The molecular weight excluding hydrogens is 154 g/mol. The number of benzene rings is 1. The number of rotatable bonds is 2. The highest BCUT2D eigenvalue weighted by molar-refractivity contribution is 5.73. The molecule has 0 saturated heterocycles. The van der Waals surface area contributed by atoms with Crippen LogP contribution in [0.3, 0.4) is 0 Å². The van der Waals surface area contributed by atoms with Gasteiger partial charge in [0.2, 0.25) is 0 Å². The van der Waals surface area contributed by atoms with Crippen LogP contribution in [0.1, 0.15) is 0 Å². The van der Waals surface area contributed by atoms with Gasteiger partial charge < -0.3 is 4.74 Å². The van der Waals surface area contributed by atoms with Crippen LogP contribution in [-0.4, -0.2) is 22.1 Å². The lowest BCUT2D eigenvalue weighted by atomic mass is 10.3. The highest BCUT2D eigenvalue weighted by Crippen LogP contribution is 2.08. The molecule has 0 fully saturated rings. The molecule has 0 atom stereocenters. The van der Waals surface area contributed by atoms with Gasteiger partial charge in [-0.1, -0.05) is 17.3 Å².